The van der Waals surface area contributed by atoms with Crippen LogP contribution in [0.3, 0.4) is 0 Å². The third kappa shape index (κ3) is 4.02. The molecule has 1 aliphatic rings. The lowest BCUT2D eigenvalue weighted by Crippen LogP contribution is -2.39. The zero-order valence-electron chi connectivity index (χ0n) is 13.0. The zero-order chi connectivity index (χ0) is 16.3. The summed E-state index contributed by atoms with van der Waals surface area (Å²) in [5, 5.41) is 9.77. The number of carbonyl (C=O) groups is 1. The van der Waals surface area contributed by atoms with Gasteiger partial charge in [0.2, 0.25) is 0 Å². The van der Waals surface area contributed by atoms with Gasteiger partial charge in [0.1, 0.15) is 5.60 Å². The van der Waals surface area contributed by atoms with Crippen LogP contribution in [0.15, 0.2) is 24.3 Å². The van der Waals surface area contributed by atoms with Crippen molar-refractivity contribution in [2.75, 3.05) is 13.1 Å². The summed E-state index contributed by atoms with van der Waals surface area (Å²) in [6.45, 7) is 6.61. The molecule has 0 atom stereocenters. The highest BCUT2D eigenvalue weighted by Gasteiger charge is 2.24. The van der Waals surface area contributed by atoms with Crippen molar-refractivity contribution >= 4 is 23.3 Å². The summed E-state index contributed by atoms with van der Waals surface area (Å²) in [7, 11) is 0. The number of halogens is 1. The Balaban J connectivity index is 2.13. The van der Waals surface area contributed by atoms with E-state index in [0.717, 1.165) is 11.1 Å². The van der Waals surface area contributed by atoms with Gasteiger partial charge in [0, 0.05) is 18.1 Å². The molecule has 0 bridgehead atoms. The molecule has 1 amide bonds. The molecule has 1 aliphatic heterocycles. The van der Waals surface area contributed by atoms with Crippen LogP contribution >= 0.6 is 11.6 Å². The second kappa shape index (κ2) is 6.41. The van der Waals surface area contributed by atoms with Crippen molar-refractivity contribution in [2.45, 2.75) is 32.8 Å². The largest absolute Gasteiger partial charge is 0.444 e. The first-order chi connectivity index (χ1) is 10.3. The Bertz CT molecular complexity index is 654. The molecule has 1 aromatic rings. The summed E-state index contributed by atoms with van der Waals surface area (Å²) in [5.41, 5.74) is 2.01. The fourth-order valence-corrected chi connectivity index (χ4v) is 2.47. The summed E-state index contributed by atoms with van der Waals surface area (Å²) >= 11 is 5.92. The molecule has 1 aromatic carbocycles. The van der Waals surface area contributed by atoms with Crippen molar-refractivity contribution < 1.29 is 9.53 Å². The van der Waals surface area contributed by atoms with Crippen molar-refractivity contribution in [3.8, 4) is 6.07 Å². The molecular weight excluding hydrogens is 300 g/mol. The van der Waals surface area contributed by atoms with Crippen molar-refractivity contribution in [3.05, 3.63) is 40.4 Å². The Morgan fingerprint density at radius 2 is 2.14 bits per heavy atom. The maximum Gasteiger partial charge on any atom is 0.410 e. The Kier molecular flexibility index (Phi) is 4.77. The SMILES string of the molecule is CC(C)(C)OC(=O)N1CC=C(c2ccc(Cl)cc2C#N)CC1. The Morgan fingerprint density at radius 1 is 1.41 bits per heavy atom. The first-order valence-corrected chi connectivity index (χ1v) is 7.55. The molecule has 0 fully saturated rings. The molecule has 5 heteroatoms. The predicted molar refractivity (Wildman–Crippen MR) is 86.6 cm³/mol. The Morgan fingerprint density at radius 3 is 2.68 bits per heavy atom. The van der Waals surface area contributed by atoms with Crippen LogP contribution in [0.25, 0.3) is 5.57 Å². The highest BCUT2D eigenvalue weighted by atomic mass is 35.5. The van der Waals surface area contributed by atoms with E-state index in [4.69, 9.17) is 16.3 Å². The van der Waals surface area contributed by atoms with Crippen LogP contribution in [-0.2, 0) is 4.74 Å². The molecular formula is C17H19ClN2O2. The summed E-state index contributed by atoms with van der Waals surface area (Å²) < 4.78 is 5.37. The molecule has 1 heterocycles. The Hall–Kier alpha value is -1.99. The third-order valence-corrected chi connectivity index (χ3v) is 3.54. The minimum Gasteiger partial charge on any atom is -0.444 e. The predicted octanol–water partition coefficient (Wildman–Crippen LogP) is 4.24. The molecule has 0 N–H and O–H groups in total. The molecule has 0 unspecified atom stereocenters. The van der Waals surface area contributed by atoms with Gasteiger partial charge < -0.3 is 9.64 Å². The van der Waals surface area contributed by atoms with E-state index in [0.29, 0.717) is 30.1 Å². The van der Waals surface area contributed by atoms with Crippen LogP contribution in [-0.4, -0.2) is 29.7 Å². The first kappa shape index (κ1) is 16.4. The van der Waals surface area contributed by atoms with Gasteiger partial charge in [-0.15, -0.1) is 0 Å². The molecule has 0 saturated carbocycles. The second-order valence-electron chi connectivity index (χ2n) is 6.21. The molecule has 0 saturated heterocycles. The van der Waals surface area contributed by atoms with Crippen molar-refractivity contribution in [2.24, 2.45) is 0 Å². The molecule has 0 aliphatic carbocycles. The Labute approximate surface area is 135 Å². The van der Waals surface area contributed by atoms with Crippen LogP contribution in [0.5, 0.6) is 0 Å². The van der Waals surface area contributed by atoms with E-state index in [9.17, 15) is 10.1 Å². The molecule has 2 rings (SSSR count). The number of nitriles is 1. The highest BCUT2D eigenvalue weighted by Crippen LogP contribution is 2.27. The fourth-order valence-electron chi connectivity index (χ4n) is 2.30. The van der Waals surface area contributed by atoms with Gasteiger partial charge in [0.25, 0.3) is 0 Å². The van der Waals surface area contributed by atoms with Crippen molar-refractivity contribution in [3.63, 3.8) is 0 Å². The number of carbonyl (C=O) groups excluding carboxylic acids is 1. The topological polar surface area (TPSA) is 53.3 Å². The van der Waals surface area contributed by atoms with Crippen LogP contribution in [0, 0.1) is 11.3 Å². The van der Waals surface area contributed by atoms with Crippen LogP contribution in [0.1, 0.15) is 38.3 Å². The second-order valence-corrected chi connectivity index (χ2v) is 6.64. The van der Waals surface area contributed by atoms with E-state index >= 15 is 0 Å². The van der Waals surface area contributed by atoms with Crippen LogP contribution < -0.4 is 0 Å². The minimum absolute atomic E-state index is 0.306. The number of ether oxygens (including phenoxy) is 1. The monoisotopic (exact) mass is 318 g/mol. The summed E-state index contributed by atoms with van der Waals surface area (Å²) in [6.07, 6.45) is 2.35. The maximum atomic E-state index is 12.0. The lowest BCUT2D eigenvalue weighted by Gasteiger charge is -2.29. The quantitative estimate of drug-likeness (QED) is 0.778. The molecule has 0 aromatic heterocycles. The third-order valence-electron chi connectivity index (χ3n) is 3.31. The van der Waals surface area contributed by atoms with E-state index in [1.807, 2.05) is 32.9 Å². The van der Waals surface area contributed by atoms with Crippen LogP contribution in [0.4, 0.5) is 4.79 Å². The lowest BCUT2D eigenvalue weighted by molar-refractivity contribution is 0.0270. The van der Waals surface area contributed by atoms with Gasteiger partial charge in [-0.05, 0) is 50.5 Å². The number of benzene rings is 1. The molecule has 0 spiro atoms. The van der Waals surface area contributed by atoms with E-state index in [1.165, 1.54) is 0 Å². The molecule has 116 valence electrons. The lowest BCUT2D eigenvalue weighted by atomic mass is 9.95. The molecule has 0 radical (unpaired) electrons. The van der Waals surface area contributed by atoms with E-state index in [2.05, 4.69) is 6.07 Å². The number of nitrogens with zero attached hydrogens (tertiary/aromatic N) is 2. The van der Waals surface area contributed by atoms with Gasteiger partial charge in [-0.25, -0.2) is 4.79 Å². The van der Waals surface area contributed by atoms with Crippen LogP contribution in [0.2, 0.25) is 5.02 Å². The fraction of sp³-hybridized carbons (Fsp3) is 0.412. The number of hydrogen-bond donors (Lipinski definition) is 0. The van der Waals surface area contributed by atoms with E-state index < -0.39 is 5.60 Å². The van der Waals surface area contributed by atoms with Crippen molar-refractivity contribution in [1.82, 2.24) is 4.90 Å². The number of amides is 1. The van der Waals surface area contributed by atoms with Crippen molar-refractivity contribution in [1.29, 1.82) is 5.26 Å². The number of rotatable bonds is 1. The average molecular weight is 319 g/mol. The maximum absolute atomic E-state index is 12.0. The summed E-state index contributed by atoms with van der Waals surface area (Å²) in [5.74, 6) is 0. The number of hydrogen-bond acceptors (Lipinski definition) is 3. The normalized spacial score (nSPS) is 15.0. The summed E-state index contributed by atoms with van der Waals surface area (Å²) in [6, 6.07) is 7.47. The van der Waals surface area contributed by atoms with Gasteiger partial charge in [0.15, 0.2) is 0 Å². The first-order valence-electron chi connectivity index (χ1n) is 7.17. The van der Waals surface area contributed by atoms with Gasteiger partial charge in [-0.1, -0.05) is 23.7 Å². The standard InChI is InChI=1S/C17H19ClN2O2/c1-17(2,3)22-16(21)20-8-6-12(7-9-20)15-5-4-14(18)10-13(15)11-19/h4-6,10H,7-9H2,1-3H3. The average Bonchev–Trinajstić information content (AvgIpc) is 2.45. The molecule has 4 nitrogen and oxygen atoms in total. The van der Waals surface area contributed by atoms with Gasteiger partial charge in [-0.2, -0.15) is 5.26 Å². The smallest absolute Gasteiger partial charge is 0.410 e. The summed E-state index contributed by atoms with van der Waals surface area (Å²) in [4.78, 5) is 13.7. The highest BCUT2D eigenvalue weighted by molar-refractivity contribution is 6.30. The van der Waals surface area contributed by atoms with E-state index in [-0.39, 0.29) is 6.09 Å². The zero-order valence-corrected chi connectivity index (χ0v) is 13.8. The van der Waals surface area contributed by atoms with Gasteiger partial charge in [0.05, 0.1) is 11.6 Å². The molecule has 22 heavy (non-hydrogen) atoms. The minimum atomic E-state index is -0.495. The van der Waals surface area contributed by atoms with Gasteiger partial charge in [-0.3, -0.25) is 0 Å². The van der Waals surface area contributed by atoms with Gasteiger partial charge >= 0.3 is 6.09 Å². The van der Waals surface area contributed by atoms with E-state index in [1.54, 1.807) is 17.0 Å².